The van der Waals surface area contributed by atoms with Crippen LogP contribution in [0.5, 0.6) is 0 Å². The van der Waals surface area contributed by atoms with Crippen LogP contribution in [0.2, 0.25) is 0 Å². The molecule has 2 unspecified atom stereocenters. The van der Waals surface area contributed by atoms with Gasteiger partial charge in [-0.1, -0.05) is 19.8 Å². The van der Waals surface area contributed by atoms with Gasteiger partial charge >= 0.3 is 0 Å². The van der Waals surface area contributed by atoms with E-state index in [0.29, 0.717) is 18.6 Å². The van der Waals surface area contributed by atoms with Crippen LogP contribution >= 0.6 is 0 Å². The fraction of sp³-hybridized carbons (Fsp3) is 0.714. The van der Waals surface area contributed by atoms with Gasteiger partial charge in [0.1, 0.15) is 11.5 Å². The standard InChI is InChI=1S/C14H23NO2/c1-2-12-7-8-13(17-12)9-15-14-6-4-3-5-11(14)10-16/h7-8,11,14-16H,2-6,9-10H2,1H3. The van der Waals surface area contributed by atoms with Crippen molar-refractivity contribution in [2.24, 2.45) is 5.92 Å². The monoisotopic (exact) mass is 237 g/mol. The Bertz CT molecular complexity index is 335. The second kappa shape index (κ2) is 6.22. The summed E-state index contributed by atoms with van der Waals surface area (Å²) in [6.07, 6.45) is 5.79. The van der Waals surface area contributed by atoms with Gasteiger partial charge < -0.3 is 14.8 Å². The molecule has 1 heterocycles. The van der Waals surface area contributed by atoms with E-state index < -0.39 is 0 Å². The fourth-order valence-electron chi connectivity index (χ4n) is 2.63. The van der Waals surface area contributed by atoms with Gasteiger partial charge in [0.2, 0.25) is 0 Å². The second-order valence-electron chi connectivity index (χ2n) is 4.94. The van der Waals surface area contributed by atoms with E-state index in [0.717, 1.165) is 30.9 Å². The van der Waals surface area contributed by atoms with Gasteiger partial charge in [-0.05, 0) is 30.9 Å². The molecule has 0 aromatic carbocycles. The van der Waals surface area contributed by atoms with Crippen molar-refractivity contribution in [3.63, 3.8) is 0 Å². The van der Waals surface area contributed by atoms with Crippen molar-refractivity contribution >= 4 is 0 Å². The van der Waals surface area contributed by atoms with Crippen molar-refractivity contribution < 1.29 is 9.52 Å². The van der Waals surface area contributed by atoms with Gasteiger partial charge in [0.25, 0.3) is 0 Å². The minimum absolute atomic E-state index is 0.302. The topological polar surface area (TPSA) is 45.4 Å². The lowest BCUT2D eigenvalue weighted by molar-refractivity contribution is 0.151. The quantitative estimate of drug-likeness (QED) is 0.827. The highest BCUT2D eigenvalue weighted by Crippen LogP contribution is 2.24. The molecule has 1 aromatic rings. The number of furan rings is 1. The number of rotatable bonds is 5. The maximum absolute atomic E-state index is 9.34. The molecule has 1 fully saturated rings. The Morgan fingerprint density at radius 2 is 2.06 bits per heavy atom. The van der Waals surface area contributed by atoms with Crippen LogP contribution in [0.15, 0.2) is 16.5 Å². The van der Waals surface area contributed by atoms with Gasteiger partial charge in [0.15, 0.2) is 0 Å². The number of hydrogen-bond donors (Lipinski definition) is 2. The summed E-state index contributed by atoms with van der Waals surface area (Å²) >= 11 is 0. The molecular weight excluding hydrogens is 214 g/mol. The lowest BCUT2D eigenvalue weighted by Crippen LogP contribution is -2.39. The molecule has 1 aromatic heterocycles. The van der Waals surface area contributed by atoms with Crippen LogP contribution in [-0.4, -0.2) is 17.8 Å². The van der Waals surface area contributed by atoms with E-state index in [1.54, 1.807) is 0 Å². The number of aliphatic hydroxyl groups excluding tert-OH is 1. The first kappa shape index (κ1) is 12.7. The molecule has 2 rings (SSSR count). The van der Waals surface area contributed by atoms with E-state index in [1.807, 2.05) is 12.1 Å². The summed E-state index contributed by atoms with van der Waals surface area (Å²) < 4.78 is 5.67. The molecule has 3 heteroatoms. The van der Waals surface area contributed by atoms with Gasteiger partial charge in [0, 0.05) is 19.1 Å². The smallest absolute Gasteiger partial charge is 0.117 e. The Labute approximate surface area is 103 Å². The third-order valence-electron chi connectivity index (χ3n) is 3.75. The van der Waals surface area contributed by atoms with Crippen LogP contribution in [0.3, 0.4) is 0 Å². The Hall–Kier alpha value is -0.800. The van der Waals surface area contributed by atoms with Crippen molar-refractivity contribution in [1.29, 1.82) is 0 Å². The van der Waals surface area contributed by atoms with E-state index in [1.165, 1.54) is 19.3 Å². The highest BCUT2D eigenvalue weighted by molar-refractivity contribution is 5.07. The molecule has 0 saturated heterocycles. The summed E-state index contributed by atoms with van der Waals surface area (Å²) in [6, 6.07) is 4.54. The third-order valence-corrected chi connectivity index (χ3v) is 3.75. The highest BCUT2D eigenvalue weighted by Gasteiger charge is 2.23. The zero-order valence-corrected chi connectivity index (χ0v) is 10.6. The zero-order valence-electron chi connectivity index (χ0n) is 10.6. The molecular formula is C14H23NO2. The second-order valence-corrected chi connectivity index (χ2v) is 4.94. The molecule has 1 saturated carbocycles. The molecule has 17 heavy (non-hydrogen) atoms. The predicted octanol–water partition coefficient (Wildman–Crippen LogP) is 2.48. The number of nitrogens with one attached hydrogen (secondary N) is 1. The van der Waals surface area contributed by atoms with E-state index in [9.17, 15) is 5.11 Å². The molecule has 1 aliphatic carbocycles. The SMILES string of the molecule is CCc1ccc(CNC2CCCCC2CO)o1. The summed E-state index contributed by atoms with van der Waals surface area (Å²) in [6.45, 7) is 3.18. The Kier molecular flexibility index (Phi) is 4.63. The van der Waals surface area contributed by atoms with Crippen molar-refractivity contribution in [1.82, 2.24) is 5.32 Å². The van der Waals surface area contributed by atoms with E-state index in [-0.39, 0.29) is 0 Å². The molecule has 1 aliphatic rings. The van der Waals surface area contributed by atoms with Crippen LogP contribution in [-0.2, 0) is 13.0 Å². The van der Waals surface area contributed by atoms with Crippen LogP contribution in [0.4, 0.5) is 0 Å². The number of aryl methyl sites for hydroxylation is 1. The highest BCUT2D eigenvalue weighted by atomic mass is 16.3. The van der Waals surface area contributed by atoms with Crippen LogP contribution < -0.4 is 5.32 Å². The predicted molar refractivity (Wildman–Crippen MR) is 67.8 cm³/mol. The molecule has 3 nitrogen and oxygen atoms in total. The maximum atomic E-state index is 9.34. The average Bonchev–Trinajstić information content (AvgIpc) is 2.84. The summed E-state index contributed by atoms with van der Waals surface area (Å²) in [4.78, 5) is 0. The fourth-order valence-corrected chi connectivity index (χ4v) is 2.63. The Morgan fingerprint density at radius 1 is 1.29 bits per heavy atom. The first-order valence-corrected chi connectivity index (χ1v) is 6.75. The summed E-state index contributed by atoms with van der Waals surface area (Å²) in [5.74, 6) is 2.47. The lowest BCUT2D eigenvalue weighted by atomic mass is 9.85. The molecule has 0 radical (unpaired) electrons. The first-order valence-electron chi connectivity index (χ1n) is 6.75. The van der Waals surface area contributed by atoms with Crippen LogP contribution in [0, 0.1) is 5.92 Å². The molecule has 2 atom stereocenters. The van der Waals surface area contributed by atoms with Gasteiger partial charge in [0.05, 0.1) is 6.54 Å². The normalized spacial score (nSPS) is 25.1. The summed E-state index contributed by atoms with van der Waals surface area (Å²) in [7, 11) is 0. The van der Waals surface area contributed by atoms with E-state index in [2.05, 4.69) is 12.2 Å². The minimum atomic E-state index is 0.302. The molecule has 0 bridgehead atoms. The molecule has 0 aliphatic heterocycles. The zero-order chi connectivity index (χ0) is 12.1. The lowest BCUT2D eigenvalue weighted by Gasteiger charge is -2.30. The van der Waals surface area contributed by atoms with Crippen LogP contribution in [0.25, 0.3) is 0 Å². The average molecular weight is 237 g/mol. The van der Waals surface area contributed by atoms with Crippen molar-refractivity contribution in [3.8, 4) is 0 Å². The van der Waals surface area contributed by atoms with Crippen molar-refractivity contribution in [2.45, 2.75) is 51.6 Å². The van der Waals surface area contributed by atoms with Crippen molar-refractivity contribution in [2.75, 3.05) is 6.61 Å². The Morgan fingerprint density at radius 3 is 2.76 bits per heavy atom. The Balaban J connectivity index is 1.83. The van der Waals surface area contributed by atoms with Gasteiger partial charge in [-0.15, -0.1) is 0 Å². The molecule has 0 amide bonds. The largest absolute Gasteiger partial charge is 0.465 e. The number of aliphatic hydroxyl groups is 1. The summed E-state index contributed by atoms with van der Waals surface area (Å²) in [5, 5.41) is 12.9. The van der Waals surface area contributed by atoms with Gasteiger partial charge in [-0.25, -0.2) is 0 Å². The van der Waals surface area contributed by atoms with E-state index >= 15 is 0 Å². The third kappa shape index (κ3) is 3.33. The van der Waals surface area contributed by atoms with Gasteiger partial charge in [-0.3, -0.25) is 0 Å². The van der Waals surface area contributed by atoms with E-state index in [4.69, 9.17) is 4.42 Å². The minimum Gasteiger partial charge on any atom is -0.465 e. The van der Waals surface area contributed by atoms with Crippen LogP contribution in [0.1, 0.15) is 44.1 Å². The maximum Gasteiger partial charge on any atom is 0.117 e. The molecule has 0 spiro atoms. The van der Waals surface area contributed by atoms with Gasteiger partial charge in [-0.2, -0.15) is 0 Å². The number of hydrogen-bond acceptors (Lipinski definition) is 3. The van der Waals surface area contributed by atoms with Crippen molar-refractivity contribution in [3.05, 3.63) is 23.7 Å². The molecule has 96 valence electrons. The molecule has 2 N–H and O–H groups in total. The first-order chi connectivity index (χ1) is 8.33. The summed E-state index contributed by atoms with van der Waals surface area (Å²) in [5.41, 5.74) is 0.